The molecular weight excluding hydrogens is 372 g/mol. The third kappa shape index (κ3) is 3.28. The maximum absolute atomic E-state index is 12.6. The Morgan fingerprint density at radius 3 is 2.88 bits per heavy atom. The molecule has 1 aliphatic heterocycles. The van der Waals surface area contributed by atoms with Crippen molar-refractivity contribution in [3.63, 3.8) is 0 Å². The average Bonchev–Trinajstić information content (AvgIpc) is 3.37. The molecule has 1 saturated carbocycles. The molecule has 0 radical (unpaired) electrons. The number of carbonyl (C=O) groups is 3. The van der Waals surface area contributed by atoms with Crippen LogP contribution < -0.4 is 5.32 Å². The lowest BCUT2D eigenvalue weighted by atomic mass is 9.89. The lowest BCUT2D eigenvalue weighted by molar-refractivity contribution is -0.127. The third-order valence-electron chi connectivity index (χ3n) is 4.76. The van der Waals surface area contributed by atoms with Crippen LogP contribution in [-0.2, 0) is 4.79 Å². The van der Waals surface area contributed by atoms with Crippen LogP contribution in [0.4, 0.5) is 4.79 Å². The van der Waals surface area contributed by atoms with E-state index in [9.17, 15) is 14.4 Å². The fraction of sp³-hybridized carbons (Fsp3) is 0.412. The summed E-state index contributed by atoms with van der Waals surface area (Å²) in [6.45, 7) is 0. The van der Waals surface area contributed by atoms with Gasteiger partial charge in [-0.25, -0.2) is 0 Å². The number of hydrogen-bond donors (Lipinski definition) is 2. The molecule has 26 heavy (non-hydrogen) atoms. The van der Waals surface area contributed by atoms with Gasteiger partial charge in [-0.2, -0.15) is 5.10 Å². The highest BCUT2D eigenvalue weighted by atomic mass is 32.2. The number of nitrogens with one attached hydrogen (secondary N) is 2. The van der Waals surface area contributed by atoms with E-state index in [1.54, 1.807) is 17.4 Å². The first-order valence-corrected chi connectivity index (χ1v) is 10.4. The van der Waals surface area contributed by atoms with Crippen molar-refractivity contribution in [3.8, 4) is 10.6 Å². The number of nitrogens with zero attached hydrogens (tertiary/aromatic N) is 2. The molecule has 7 nitrogen and oxygen atoms in total. The molecule has 0 aromatic carbocycles. The Morgan fingerprint density at radius 2 is 2.15 bits per heavy atom. The zero-order chi connectivity index (χ0) is 18.1. The maximum atomic E-state index is 12.6. The van der Waals surface area contributed by atoms with Crippen LogP contribution >= 0.6 is 23.1 Å². The topological polar surface area (TPSA) is 95.2 Å². The minimum absolute atomic E-state index is 0.161. The van der Waals surface area contributed by atoms with E-state index >= 15 is 0 Å². The van der Waals surface area contributed by atoms with Crippen molar-refractivity contribution in [2.45, 2.75) is 37.8 Å². The fourth-order valence-electron chi connectivity index (χ4n) is 3.51. The first kappa shape index (κ1) is 17.3. The number of aromatic nitrogens is 2. The van der Waals surface area contributed by atoms with Crippen LogP contribution in [0.3, 0.4) is 0 Å². The Bertz CT molecular complexity index is 817. The molecule has 9 heteroatoms. The number of rotatable bonds is 4. The predicted octanol–water partition coefficient (Wildman–Crippen LogP) is 2.87. The number of carbonyl (C=O) groups excluding carboxylic acids is 3. The number of hydrogen-bond acceptors (Lipinski definition) is 6. The molecule has 0 unspecified atom stereocenters. The highest BCUT2D eigenvalue weighted by Gasteiger charge is 2.41. The minimum Gasteiger partial charge on any atom is -0.346 e. The average molecular weight is 390 g/mol. The van der Waals surface area contributed by atoms with Gasteiger partial charge in [0, 0.05) is 0 Å². The van der Waals surface area contributed by atoms with E-state index in [-0.39, 0.29) is 34.9 Å². The van der Waals surface area contributed by atoms with Gasteiger partial charge >= 0.3 is 0 Å². The molecule has 1 saturated heterocycles. The van der Waals surface area contributed by atoms with Gasteiger partial charge in [-0.05, 0) is 30.4 Å². The summed E-state index contributed by atoms with van der Waals surface area (Å²) in [7, 11) is 0. The van der Waals surface area contributed by atoms with Crippen LogP contribution in [0.2, 0.25) is 0 Å². The molecule has 2 aliphatic rings. The van der Waals surface area contributed by atoms with Crippen molar-refractivity contribution >= 4 is 40.2 Å². The molecule has 2 N–H and O–H groups in total. The van der Waals surface area contributed by atoms with Crippen LogP contribution in [0, 0.1) is 0 Å². The van der Waals surface area contributed by atoms with Crippen molar-refractivity contribution in [3.05, 3.63) is 29.3 Å². The fourth-order valence-corrected chi connectivity index (χ4v) is 4.97. The summed E-state index contributed by atoms with van der Waals surface area (Å²) < 4.78 is 0. The normalized spacial score (nSPS) is 23.5. The number of thioether (sulfide) groups is 1. The van der Waals surface area contributed by atoms with Gasteiger partial charge in [0.15, 0.2) is 5.69 Å². The Kier molecular flexibility index (Phi) is 4.82. The zero-order valence-corrected chi connectivity index (χ0v) is 15.6. The van der Waals surface area contributed by atoms with Crippen LogP contribution in [0.15, 0.2) is 23.6 Å². The highest BCUT2D eigenvalue weighted by molar-refractivity contribution is 8.14. The molecule has 2 fully saturated rings. The number of aromatic amines is 1. The van der Waals surface area contributed by atoms with E-state index in [1.807, 2.05) is 17.5 Å². The van der Waals surface area contributed by atoms with Gasteiger partial charge in [-0.15, -0.1) is 11.3 Å². The van der Waals surface area contributed by atoms with Crippen LogP contribution in [0.25, 0.3) is 10.6 Å². The molecule has 0 bridgehead atoms. The van der Waals surface area contributed by atoms with Gasteiger partial charge < -0.3 is 5.32 Å². The Hall–Kier alpha value is -2.13. The molecule has 0 spiro atoms. The quantitative estimate of drug-likeness (QED) is 0.837. The number of H-pyrrole nitrogens is 1. The monoisotopic (exact) mass is 390 g/mol. The van der Waals surface area contributed by atoms with Crippen molar-refractivity contribution in [2.75, 3.05) is 5.75 Å². The van der Waals surface area contributed by atoms with E-state index in [1.165, 1.54) is 4.90 Å². The SMILES string of the molecule is O=C(N[C@H]1CCCC[C@H]1N1C(=O)CSC1=O)c1cc(-c2cccs2)[nH]n1. The van der Waals surface area contributed by atoms with Gasteiger partial charge in [0.25, 0.3) is 11.1 Å². The summed E-state index contributed by atoms with van der Waals surface area (Å²) in [5.41, 5.74) is 1.11. The molecule has 2 aromatic heterocycles. The van der Waals surface area contributed by atoms with Crippen LogP contribution in [0.1, 0.15) is 36.2 Å². The van der Waals surface area contributed by atoms with Crippen molar-refractivity contribution in [2.24, 2.45) is 0 Å². The van der Waals surface area contributed by atoms with E-state index in [2.05, 4.69) is 15.5 Å². The maximum Gasteiger partial charge on any atom is 0.289 e. The Morgan fingerprint density at radius 1 is 1.31 bits per heavy atom. The van der Waals surface area contributed by atoms with Gasteiger partial charge in [0.05, 0.1) is 28.4 Å². The standard InChI is InChI=1S/C17H18N4O3S2/c22-15-9-26-17(24)21(15)13-5-2-1-4-10(13)18-16(23)12-8-11(19-20-12)14-6-3-7-25-14/h3,6-8,10,13H,1-2,4-5,9H2,(H,18,23)(H,19,20)/t10-,13+/m0/s1. The van der Waals surface area contributed by atoms with Crippen molar-refractivity contribution in [1.29, 1.82) is 0 Å². The molecule has 3 heterocycles. The second-order valence-corrected chi connectivity index (χ2v) is 8.27. The van der Waals surface area contributed by atoms with E-state index in [0.29, 0.717) is 5.69 Å². The summed E-state index contributed by atoms with van der Waals surface area (Å²) in [6.07, 6.45) is 3.39. The molecule has 2 aromatic rings. The van der Waals surface area contributed by atoms with E-state index < -0.39 is 0 Å². The summed E-state index contributed by atoms with van der Waals surface area (Å²) >= 11 is 2.60. The Balaban J connectivity index is 1.48. The number of imide groups is 1. The number of thiophene rings is 1. The Labute approximate surface area is 158 Å². The summed E-state index contributed by atoms with van der Waals surface area (Å²) in [5.74, 6) is -0.252. The zero-order valence-electron chi connectivity index (χ0n) is 13.9. The molecule has 1 aliphatic carbocycles. The van der Waals surface area contributed by atoms with Gasteiger partial charge in [0.1, 0.15) is 0 Å². The first-order valence-electron chi connectivity index (χ1n) is 8.52. The van der Waals surface area contributed by atoms with E-state index in [0.717, 1.165) is 48.0 Å². The number of amides is 3. The predicted molar refractivity (Wildman–Crippen MR) is 100 cm³/mol. The van der Waals surface area contributed by atoms with Crippen molar-refractivity contribution in [1.82, 2.24) is 20.4 Å². The largest absolute Gasteiger partial charge is 0.346 e. The van der Waals surface area contributed by atoms with Crippen LogP contribution in [0.5, 0.6) is 0 Å². The highest BCUT2D eigenvalue weighted by Crippen LogP contribution is 2.30. The van der Waals surface area contributed by atoms with Crippen molar-refractivity contribution < 1.29 is 14.4 Å². The second-order valence-electron chi connectivity index (χ2n) is 6.39. The molecule has 2 atom stereocenters. The van der Waals surface area contributed by atoms with Gasteiger partial charge in [0.2, 0.25) is 5.91 Å². The lowest BCUT2D eigenvalue weighted by Gasteiger charge is -2.36. The molecule has 3 amide bonds. The summed E-state index contributed by atoms with van der Waals surface area (Å²) in [5, 5.41) is 11.7. The lowest BCUT2D eigenvalue weighted by Crippen LogP contribution is -2.54. The van der Waals surface area contributed by atoms with Gasteiger partial charge in [-0.3, -0.25) is 24.4 Å². The van der Waals surface area contributed by atoms with E-state index in [4.69, 9.17) is 0 Å². The molecule has 136 valence electrons. The minimum atomic E-state index is -0.285. The molecular formula is C17H18N4O3S2. The second kappa shape index (κ2) is 7.24. The smallest absolute Gasteiger partial charge is 0.289 e. The summed E-state index contributed by atoms with van der Waals surface area (Å²) in [6, 6.07) is 5.12. The molecule has 4 rings (SSSR count). The first-order chi connectivity index (χ1) is 12.6. The third-order valence-corrected chi connectivity index (χ3v) is 6.50. The summed E-state index contributed by atoms with van der Waals surface area (Å²) in [4.78, 5) is 39.1. The van der Waals surface area contributed by atoms with Gasteiger partial charge in [-0.1, -0.05) is 30.7 Å². The van der Waals surface area contributed by atoms with Crippen LogP contribution in [-0.4, -0.2) is 50.0 Å².